The van der Waals surface area contributed by atoms with Crippen molar-refractivity contribution in [2.75, 3.05) is 18.6 Å². The van der Waals surface area contributed by atoms with Gasteiger partial charge in [-0.2, -0.15) is 0 Å². The van der Waals surface area contributed by atoms with Crippen LogP contribution >= 0.6 is 11.6 Å². The molecular formula is C21H19ClF2N2O3. The molecule has 2 aromatic carbocycles. The lowest BCUT2D eigenvalue weighted by Crippen LogP contribution is -2.35. The molecule has 1 aliphatic carbocycles. The number of halogens is 3. The van der Waals surface area contributed by atoms with Crippen molar-refractivity contribution in [3.63, 3.8) is 0 Å². The van der Waals surface area contributed by atoms with E-state index in [4.69, 9.17) is 16.3 Å². The second kappa shape index (κ2) is 7.63. The minimum Gasteiger partial charge on any atom is -0.495 e. The van der Waals surface area contributed by atoms with Gasteiger partial charge in [0.1, 0.15) is 17.4 Å². The molecule has 3 atom stereocenters. The number of anilines is 1. The summed E-state index contributed by atoms with van der Waals surface area (Å²) in [5.74, 6) is -2.19. The third-order valence-electron chi connectivity index (χ3n) is 5.42. The molecule has 2 fully saturated rings. The molecular weight excluding hydrogens is 402 g/mol. The first-order valence-corrected chi connectivity index (χ1v) is 9.65. The van der Waals surface area contributed by atoms with Crippen LogP contribution in [-0.2, 0) is 9.59 Å². The van der Waals surface area contributed by atoms with E-state index in [0.717, 1.165) is 0 Å². The van der Waals surface area contributed by atoms with Crippen molar-refractivity contribution < 1.29 is 23.1 Å². The summed E-state index contributed by atoms with van der Waals surface area (Å²) in [4.78, 5) is 26.6. The van der Waals surface area contributed by atoms with Gasteiger partial charge < -0.3 is 15.0 Å². The highest BCUT2D eigenvalue weighted by atomic mass is 35.5. The molecule has 4 rings (SSSR count). The average Bonchev–Trinajstić information content (AvgIpc) is 3.30. The van der Waals surface area contributed by atoms with Gasteiger partial charge in [0.05, 0.1) is 18.7 Å². The quantitative estimate of drug-likeness (QED) is 0.803. The van der Waals surface area contributed by atoms with Gasteiger partial charge >= 0.3 is 0 Å². The molecule has 1 N–H and O–H groups in total. The number of methoxy groups -OCH3 is 1. The van der Waals surface area contributed by atoms with E-state index in [1.54, 1.807) is 18.2 Å². The lowest BCUT2D eigenvalue weighted by molar-refractivity contribution is -0.126. The minimum absolute atomic E-state index is 0.00517. The molecule has 2 aromatic rings. The minimum atomic E-state index is -0.609. The monoisotopic (exact) mass is 420 g/mol. The number of nitrogens with zero attached hydrogens (tertiary/aromatic N) is 1. The highest BCUT2D eigenvalue weighted by Gasteiger charge is 2.45. The van der Waals surface area contributed by atoms with E-state index in [2.05, 4.69) is 5.32 Å². The average molecular weight is 421 g/mol. The number of amides is 2. The zero-order valence-electron chi connectivity index (χ0n) is 15.6. The zero-order valence-corrected chi connectivity index (χ0v) is 16.4. The Morgan fingerprint density at radius 3 is 2.66 bits per heavy atom. The van der Waals surface area contributed by atoms with Gasteiger partial charge in [-0.1, -0.05) is 17.7 Å². The Kier molecular flexibility index (Phi) is 5.17. The predicted octanol–water partition coefficient (Wildman–Crippen LogP) is 3.65. The van der Waals surface area contributed by atoms with Crippen LogP contribution in [0, 0.1) is 17.6 Å². The van der Waals surface area contributed by atoms with E-state index < -0.39 is 17.6 Å². The van der Waals surface area contributed by atoms with E-state index in [-0.39, 0.29) is 42.3 Å². The van der Waals surface area contributed by atoms with Crippen LogP contribution in [0.3, 0.4) is 0 Å². The molecule has 0 bridgehead atoms. The Morgan fingerprint density at radius 2 is 1.97 bits per heavy atom. The van der Waals surface area contributed by atoms with Crippen molar-refractivity contribution in [1.29, 1.82) is 0 Å². The van der Waals surface area contributed by atoms with Crippen LogP contribution in [-0.4, -0.2) is 31.5 Å². The molecule has 5 nitrogen and oxygen atoms in total. The van der Waals surface area contributed by atoms with Crippen molar-refractivity contribution >= 4 is 29.1 Å². The van der Waals surface area contributed by atoms with Gasteiger partial charge in [0.2, 0.25) is 11.8 Å². The summed E-state index contributed by atoms with van der Waals surface area (Å²) in [7, 11) is 1.49. The molecule has 0 unspecified atom stereocenters. The molecule has 0 radical (unpaired) electrons. The van der Waals surface area contributed by atoms with E-state index in [9.17, 15) is 18.4 Å². The Bertz CT molecular complexity index is 964. The van der Waals surface area contributed by atoms with Gasteiger partial charge in [-0.05, 0) is 36.8 Å². The summed E-state index contributed by atoms with van der Waals surface area (Å²) in [5, 5.41) is 3.28. The molecule has 1 heterocycles. The molecule has 2 aliphatic rings. The Hall–Kier alpha value is -2.67. The number of hydrogen-bond acceptors (Lipinski definition) is 3. The van der Waals surface area contributed by atoms with Gasteiger partial charge in [0, 0.05) is 35.5 Å². The highest BCUT2D eigenvalue weighted by molar-refractivity contribution is 6.31. The van der Waals surface area contributed by atoms with Crippen LogP contribution in [0.1, 0.15) is 24.3 Å². The topological polar surface area (TPSA) is 58.6 Å². The van der Waals surface area contributed by atoms with Crippen molar-refractivity contribution in [1.82, 2.24) is 5.32 Å². The van der Waals surface area contributed by atoms with Crippen LogP contribution in [0.15, 0.2) is 36.4 Å². The summed E-state index contributed by atoms with van der Waals surface area (Å²) in [6.45, 7) is 0.187. The fourth-order valence-electron chi connectivity index (χ4n) is 3.83. The maximum Gasteiger partial charge on any atom is 0.227 e. The first-order chi connectivity index (χ1) is 13.9. The van der Waals surface area contributed by atoms with Crippen LogP contribution in [0.25, 0.3) is 0 Å². The highest BCUT2D eigenvalue weighted by Crippen LogP contribution is 2.43. The maximum absolute atomic E-state index is 13.9. The molecule has 1 saturated heterocycles. The van der Waals surface area contributed by atoms with Gasteiger partial charge in [-0.3, -0.25) is 9.59 Å². The van der Waals surface area contributed by atoms with Crippen molar-refractivity contribution in [2.45, 2.75) is 24.8 Å². The number of carbonyl (C=O) groups is 2. The molecule has 0 aromatic heterocycles. The number of nitrogens with one attached hydrogen (secondary N) is 1. The lowest BCUT2D eigenvalue weighted by atomic mass is 10.1. The number of hydrogen-bond donors (Lipinski definition) is 1. The molecule has 152 valence electrons. The van der Waals surface area contributed by atoms with Gasteiger partial charge in [0.15, 0.2) is 0 Å². The summed E-state index contributed by atoms with van der Waals surface area (Å²) < 4.78 is 33.1. The molecule has 1 saturated carbocycles. The molecule has 8 heteroatoms. The van der Waals surface area contributed by atoms with Crippen molar-refractivity contribution in [3.05, 3.63) is 58.6 Å². The van der Waals surface area contributed by atoms with E-state index in [1.807, 2.05) is 0 Å². The summed E-state index contributed by atoms with van der Waals surface area (Å²) >= 11 is 6.04. The Balaban J connectivity index is 1.43. The lowest BCUT2D eigenvalue weighted by Gasteiger charge is -2.20. The zero-order chi connectivity index (χ0) is 20.7. The number of rotatable bonds is 5. The first-order valence-electron chi connectivity index (χ1n) is 9.27. The second-order valence-corrected chi connectivity index (χ2v) is 7.75. The van der Waals surface area contributed by atoms with E-state index in [0.29, 0.717) is 22.9 Å². The summed E-state index contributed by atoms with van der Waals surface area (Å²) in [5.41, 5.74) is 0.517. The molecule has 2 amide bonds. The van der Waals surface area contributed by atoms with Crippen molar-refractivity contribution in [2.24, 2.45) is 5.92 Å². The Labute approximate surface area is 171 Å². The standard InChI is InChI=1S/C21H19ClF2N2O3/c1-29-18-6-5-12(22)8-17(18)26-10-11(7-19(26)27)21(28)25-16-9-13(16)20-14(23)3-2-4-15(20)24/h2-6,8,11,13,16H,7,9-10H2,1H3,(H,25,28)/t11-,13+,16-/m1/s1. The van der Waals surface area contributed by atoms with Crippen LogP contribution < -0.4 is 15.0 Å². The SMILES string of the molecule is COc1ccc(Cl)cc1N1C[C@H](C(=O)N[C@@H]2C[C@@H]2c2c(F)cccc2F)CC1=O. The first kappa shape index (κ1) is 19.6. The maximum atomic E-state index is 13.9. The van der Waals surface area contributed by atoms with E-state index in [1.165, 1.54) is 30.2 Å². The smallest absolute Gasteiger partial charge is 0.227 e. The Morgan fingerprint density at radius 1 is 1.24 bits per heavy atom. The molecule has 29 heavy (non-hydrogen) atoms. The van der Waals surface area contributed by atoms with Crippen LogP contribution in [0.2, 0.25) is 5.02 Å². The molecule has 1 aliphatic heterocycles. The third-order valence-corrected chi connectivity index (χ3v) is 5.65. The normalized spacial score (nSPS) is 23.2. The summed E-state index contributed by atoms with van der Waals surface area (Å²) in [6.07, 6.45) is 0.517. The van der Waals surface area contributed by atoms with Crippen molar-refractivity contribution in [3.8, 4) is 5.75 Å². The van der Waals surface area contributed by atoms with Gasteiger partial charge in [0.25, 0.3) is 0 Å². The largest absolute Gasteiger partial charge is 0.495 e. The van der Waals surface area contributed by atoms with E-state index >= 15 is 0 Å². The molecule has 0 spiro atoms. The van der Waals surface area contributed by atoms with Gasteiger partial charge in [-0.25, -0.2) is 8.78 Å². The third kappa shape index (κ3) is 3.79. The van der Waals surface area contributed by atoms with Crippen LogP contribution in [0.4, 0.5) is 14.5 Å². The van der Waals surface area contributed by atoms with Gasteiger partial charge in [-0.15, -0.1) is 0 Å². The number of benzene rings is 2. The van der Waals surface area contributed by atoms with Crippen LogP contribution in [0.5, 0.6) is 5.75 Å². The predicted molar refractivity (Wildman–Crippen MR) is 104 cm³/mol. The summed E-state index contributed by atoms with van der Waals surface area (Å²) in [6, 6.07) is 8.34. The number of ether oxygens (including phenoxy) is 1. The second-order valence-electron chi connectivity index (χ2n) is 7.31. The fraction of sp³-hybridized carbons (Fsp3) is 0.333. The fourth-order valence-corrected chi connectivity index (χ4v) is 4.00. The number of carbonyl (C=O) groups excluding carboxylic acids is 2.